The van der Waals surface area contributed by atoms with E-state index >= 15 is 0 Å². The van der Waals surface area contributed by atoms with E-state index in [0.29, 0.717) is 37.7 Å². The summed E-state index contributed by atoms with van der Waals surface area (Å²) in [5, 5.41) is 0. The zero-order valence-corrected chi connectivity index (χ0v) is 17.1. The number of cyclic esters (lactones) is 1. The van der Waals surface area contributed by atoms with Crippen molar-refractivity contribution < 1.29 is 33.0 Å². The van der Waals surface area contributed by atoms with Crippen LogP contribution < -0.4 is 9.80 Å². The van der Waals surface area contributed by atoms with Crippen molar-refractivity contribution >= 4 is 29.5 Å². The van der Waals surface area contributed by atoms with Crippen molar-refractivity contribution in [2.24, 2.45) is 0 Å². The molecule has 3 amide bonds. The Morgan fingerprint density at radius 3 is 2.63 bits per heavy atom. The van der Waals surface area contributed by atoms with Gasteiger partial charge in [-0.2, -0.15) is 0 Å². The Kier molecular flexibility index (Phi) is 7.09. The van der Waals surface area contributed by atoms with Crippen molar-refractivity contribution in [1.82, 2.24) is 4.90 Å². The Balaban J connectivity index is 1.69. The van der Waals surface area contributed by atoms with Crippen LogP contribution in [0.1, 0.15) is 20.3 Å². The number of anilines is 2. The molecular formula is C20H26FN3O6. The van der Waals surface area contributed by atoms with E-state index in [-0.39, 0.29) is 26.1 Å². The normalized spacial score (nSPS) is 18.9. The number of hydrogen-bond donors (Lipinski definition) is 0. The van der Waals surface area contributed by atoms with Crippen molar-refractivity contribution in [3.63, 3.8) is 0 Å². The summed E-state index contributed by atoms with van der Waals surface area (Å²) >= 11 is 0. The SMILES string of the molecule is CCOC(=O)N(C[C@H]1CN(c2ccc(N3CCOCC3)c(F)c2)C(=O)O1)C(=O)CC. The number of hydrogen-bond acceptors (Lipinski definition) is 7. The molecule has 0 aromatic heterocycles. The van der Waals surface area contributed by atoms with Gasteiger partial charge in [0.1, 0.15) is 11.9 Å². The van der Waals surface area contributed by atoms with E-state index in [9.17, 15) is 18.8 Å². The Hall–Kier alpha value is -2.88. The summed E-state index contributed by atoms with van der Waals surface area (Å²) in [5.41, 5.74) is 0.801. The Labute approximate surface area is 174 Å². The molecule has 1 atom stereocenters. The van der Waals surface area contributed by atoms with Crippen LogP contribution in [0, 0.1) is 5.82 Å². The summed E-state index contributed by atoms with van der Waals surface area (Å²) in [5.74, 6) is -0.871. The molecule has 10 heteroatoms. The number of halogens is 1. The first-order valence-corrected chi connectivity index (χ1v) is 10.0. The maximum Gasteiger partial charge on any atom is 0.416 e. The summed E-state index contributed by atoms with van der Waals surface area (Å²) in [6.07, 6.45) is -2.07. The standard InChI is InChI=1S/C20H26FN3O6/c1-3-18(25)24(19(26)29-4-2)13-15-12-23(20(27)30-15)14-5-6-17(16(21)11-14)22-7-9-28-10-8-22/h5-6,11,15H,3-4,7-10,12-13H2,1-2H3/t15-/m1/s1. The van der Waals surface area contributed by atoms with E-state index in [2.05, 4.69) is 0 Å². The molecule has 0 saturated carbocycles. The highest BCUT2D eigenvalue weighted by Crippen LogP contribution is 2.28. The number of morpholine rings is 1. The van der Waals surface area contributed by atoms with Gasteiger partial charge in [0.15, 0.2) is 0 Å². The van der Waals surface area contributed by atoms with E-state index in [4.69, 9.17) is 14.2 Å². The topological polar surface area (TPSA) is 88.6 Å². The summed E-state index contributed by atoms with van der Waals surface area (Å²) < 4.78 is 30.2. The smallest absolute Gasteiger partial charge is 0.416 e. The molecule has 2 aliphatic rings. The number of carbonyl (C=O) groups is 3. The quantitative estimate of drug-likeness (QED) is 0.694. The lowest BCUT2D eigenvalue weighted by molar-refractivity contribution is -0.130. The summed E-state index contributed by atoms with van der Waals surface area (Å²) in [4.78, 5) is 40.6. The zero-order chi connectivity index (χ0) is 21.7. The molecule has 2 heterocycles. The number of rotatable bonds is 6. The van der Waals surface area contributed by atoms with Crippen LogP contribution in [0.5, 0.6) is 0 Å². The fourth-order valence-electron chi connectivity index (χ4n) is 3.43. The molecule has 0 bridgehead atoms. The van der Waals surface area contributed by atoms with Gasteiger partial charge in [0.25, 0.3) is 0 Å². The monoisotopic (exact) mass is 423 g/mol. The van der Waals surface area contributed by atoms with Gasteiger partial charge >= 0.3 is 12.2 Å². The summed E-state index contributed by atoms with van der Waals surface area (Å²) in [6, 6.07) is 4.56. The molecule has 0 radical (unpaired) electrons. The average Bonchev–Trinajstić information content (AvgIpc) is 3.12. The van der Waals surface area contributed by atoms with Gasteiger partial charge in [0.2, 0.25) is 5.91 Å². The lowest BCUT2D eigenvalue weighted by Gasteiger charge is -2.29. The van der Waals surface area contributed by atoms with Gasteiger partial charge in [-0.15, -0.1) is 0 Å². The minimum Gasteiger partial charge on any atom is -0.449 e. The fraction of sp³-hybridized carbons (Fsp3) is 0.550. The lowest BCUT2D eigenvalue weighted by atomic mass is 10.2. The van der Waals surface area contributed by atoms with Crippen LogP contribution in [0.3, 0.4) is 0 Å². The number of amides is 3. The van der Waals surface area contributed by atoms with E-state index in [1.165, 1.54) is 11.0 Å². The van der Waals surface area contributed by atoms with Crippen molar-refractivity contribution in [3.8, 4) is 0 Å². The van der Waals surface area contributed by atoms with Gasteiger partial charge in [0.05, 0.1) is 44.3 Å². The number of ether oxygens (including phenoxy) is 3. The van der Waals surface area contributed by atoms with E-state index < -0.39 is 30.0 Å². The first-order valence-electron chi connectivity index (χ1n) is 10.0. The number of carbonyl (C=O) groups excluding carboxylic acids is 3. The lowest BCUT2D eigenvalue weighted by Crippen LogP contribution is -2.43. The number of nitrogens with zero attached hydrogens (tertiary/aromatic N) is 3. The average molecular weight is 423 g/mol. The first kappa shape index (κ1) is 21.8. The first-order chi connectivity index (χ1) is 14.4. The highest BCUT2D eigenvalue weighted by atomic mass is 19.1. The highest BCUT2D eigenvalue weighted by Gasteiger charge is 2.36. The van der Waals surface area contributed by atoms with Crippen LogP contribution in [0.2, 0.25) is 0 Å². The van der Waals surface area contributed by atoms with Gasteiger partial charge in [-0.3, -0.25) is 9.69 Å². The van der Waals surface area contributed by atoms with Crippen LogP contribution >= 0.6 is 0 Å². The second kappa shape index (κ2) is 9.75. The van der Waals surface area contributed by atoms with Crippen molar-refractivity contribution in [3.05, 3.63) is 24.0 Å². The third-order valence-electron chi connectivity index (χ3n) is 4.95. The van der Waals surface area contributed by atoms with Crippen LogP contribution in [0.25, 0.3) is 0 Å². The van der Waals surface area contributed by atoms with Crippen LogP contribution in [0.4, 0.5) is 25.4 Å². The summed E-state index contributed by atoms with van der Waals surface area (Å²) in [6.45, 7) is 5.61. The Morgan fingerprint density at radius 1 is 1.27 bits per heavy atom. The van der Waals surface area contributed by atoms with Gasteiger partial charge in [0, 0.05) is 19.5 Å². The molecule has 9 nitrogen and oxygen atoms in total. The van der Waals surface area contributed by atoms with Gasteiger partial charge in [-0.05, 0) is 25.1 Å². The number of imide groups is 1. The van der Waals surface area contributed by atoms with Gasteiger partial charge in [-0.25, -0.2) is 18.9 Å². The minimum absolute atomic E-state index is 0.0854. The molecular weight excluding hydrogens is 397 g/mol. The predicted octanol–water partition coefficient (Wildman–Crippen LogP) is 2.38. The molecule has 2 aliphatic heterocycles. The zero-order valence-electron chi connectivity index (χ0n) is 17.1. The van der Waals surface area contributed by atoms with Crippen molar-refractivity contribution in [2.45, 2.75) is 26.4 Å². The molecule has 2 saturated heterocycles. The Morgan fingerprint density at radius 2 is 2.00 bits per heavy atom. The second-order valence-electron chi connectivity index (χ2n) is 6.91. The molecule has 164 valence electrons. The highest BCUT2D eigenvalue weighted by molar-refractivity contribution is 5.93. The second-order valence-corrected chi connectivity index (χ2v) is 6.91. The van der Waals surface area contributed by atoms with Gasteiger partial charge in [-0.1, -0.05) is 6.92 Å². The Bertz CT molecular complexity index is 799. The van der Waals surface area contributed by atoms with E-state index in [1.54, 1.807) is 26.0 Å². The van der Waals surface area contributed by atoms with Crippen LogP contribution in [-0.2, 0) is 19.0 Å². The molecule has 0 N–H and O–H groups in total. The molecule has 1 aromatic rings. The number of benzene rings is 1. The molecule has 1 aromatic carbocycles. The fourth-order valence-corrected chi connectivity index (χ4v) is 3.43. The molecule has 2 fully saturated rings. The largest absolute Gasteiger partial charge is 0.449 e. The van der Waals surface area contributed by atoms with Crippen molar-refractivity contribution in [1.29, 1.82) is 0 Å². The summed E-state index contributed by atoms with van der Waals surface area (Å²) in [7, 11) is 0. The molecule has 3 rings (SSSR count). The van der Waals surface area contributed by atoms with Crippen LogP contribution in [0.15, 0.2) is 18.2 Å². The third kappa shape index (κ3) is 4.81. The third-order valence-corrected chi connectivity index (χ3v) is 4.95. The molecule has 0 spiro atoms. The molecule has 0 unspecified atom stereocenters. The maximum atomic E-state index is 14.7. The maximum absolute atomic E-state index is 14.7. The van der Waals surface area contributed by atoms with Crippen LogP contribution in [-0.4, -0.2) is 75.1 Å². The van der Waals surface area contributed by atoms with Gasteiger partial charge < -0.3 is 19.1 Å². The molecule has 0 aliphatic carbocycles. The minimum atomic E-state index is -0.778. The molecule has 30 heavy (non-hydrogen) atoms. The predicted molar refractivity (Wildman–Crippen MR) is 106 cm³/mol. The van der Waals surface area contributed by atoms with Crippen molar-refractivity contribution in [2.75, 3.05) is 55.8 Å². The van der Waals surface area contributed by atoms with E-state index in [0.717, 1.165) is 4.90 Å². The van der Waals surface area contributed by atoms with E-state index in [1.807, 2.05) is 4.90 Å².